The van der Waals surface area contributed by atoms with Crippen molar-refractivity contribution >= 4 is 39.5 Å². The molecule has 0 amide bonds. The van der Waals surface area contributed by atoms with Crippen LogP contribution in [0.25, 0.3) is 0 Å². The smallest absolute Gasteiger partial charge is 0.462 e. The van der Waals surface area contributed by atoms with Gasteiger partial charge >= 0.3 is 39.5 Å². The molecule has 5 atom stereocenters. The Morgan fingerprint density at radius 2 is 0.505 bits per heavy atom. The monoisotopic (exact) mass is 1340 g/mol. The molecule has 0 saturated carbocycles. The molecule has 0 saturated heterocycles. The fourth-order valence-corrected chi connectivity index (χ4v) is 12.6. The summed E-state index contributed by atoms with van der Waals surface area (Å²) in [6.45, 7) is 7.17. The lowest BCUT2D eigenvalue weighted by atomic mass is 10.0. The maximum atomic E-state index is 13.0. The first-order valence-electron chi connectivity index (χ1n) is 37.6. The third-order valence-electron chi connectivity index (χ3n) is 16.8. The van der Waals surface area contributed by atoms with E-state index in [2.05, 4.69) is 34.6 Å². The van der Waals surface area contributed by atoms with Crippen LogP contribution in [0.15, 0.2) is 0 Å². The zero-order valence-corrected chi connectivity index (χ0v) is 60.8. The second kappa shape index (κ2) is 65.4. The highest BCUT2D eigenvalue weighted by atomic mass is 31.2. The zero-order chi connectivity index (χ0) is 67.0. The van der Waals surface area contributed by atoms with Gasteiger partial charge in [-0.1, -0.05) is 324 Å². The molecule has 0 aliphatic carbocycles. The number of ether oxygens (including phenoxy) is 4. The summed E-state index contributed by atoms with van der Waals surface area (Å²) < 4.78 is 68.3. The third-order valence-corrected chi connectivity index (χ3v) is 18.7. The van der Waals surface area contributed by atoms with E-state index in [0.29, 0.717) is 31.6 Å². The van der Waals surface area contributed by atoms with E-state index in [1.807, 2.05) is 0 Å². The molecule has 0 fully saturated rings. The number of carbonyl (C=O) groups is 4. The van der Waals surface area contributed by atoms with Gasteiger partial charge in [0.15, 0.2) is 12.2 Å². The average Bonchev–Trinajstić information content (AvgIpc) is 3.69. The first-order chi connectivity index (χ1) is 44.0. The van der Waals surface area contributed by atoms with E-state index in [-0.39, 0.29) is 25.7 Å². The van der Waals surface area contributed by atoms with Crippen LogP contribution in [0.5, 0.6) is 0 Å². The maximum Gasteiger partial charge on any atom is 0.472 e. The molecule has 0 rings (SSSR count). The fraction of sp³-hybridized carbons (Fsp3) is 0.944. The molecule has 2 unspecified atom stereocenters. The summed E-state index contributed by atoms with van der Waals surface area (Å²) in [6.07, 6.45) is 52.8. The maximum absolute atomic E-state index is 13.0. The second-order valence-corrected chi connectivity index (χ2v) is 29.4. The van der Waals surface area contributed by atoms with Crippen molar-refractivity contribution in [3.63, 3.8) is 0 Å². The van der Waals surface area contributed by atoms with Gasteiger partial charge in [0, 0.05) is 25.7 Å². The summed E-state index contributed by atoms with van der Waals surface area (Å²) >= 11 is 0. The Kier molecular flexibility index (Phi) is 64.0. The highest BCUT2D eigenvalue weighted by molar-refractivity contribution is 7.47. The number of rotatable bonds is 72. The van der Waals surface area contributed by atoms with E-state index < -0.39 is 97.5 Å². The Morgan fingerprint density at radius 3 is 0.747 bits per heavy atom. The van der Waals surface area contributed by atoms with Crippen LogP contribution in [0.1, 0.15) is 375 Å². The molecule has 3 N–H and O–H groups in total. The summed E-state index contributed by atoms with van der Waals surface area (Å²) in [5.41, 5.74) is 0. The van der Waals surface area contributed by atoms with Crippen molar-refractivity contribution in [3.05, 3.63) is 0 Å². The summed E-state index contributed by atoms with van der Waals surface area (Å²) in [4.78, 5) is 72.6. The van der Waals surface area contributed by atoms with Crippen molar-refractivity contribution in [2.75, 3.05) is 39.6 Å². The number of phosphoric ester groups is 2. The molecular weight excluding hydrogens is 1200 g/mol. The molecular formula is C72H140O17P2. The van der Waals surface area contributed by atoms with E-state index >= 15 is 0 Å². The number of aliphatic hydroxyl groups excluding tert-OH is 1. The minimum absolute atomic E-state index is 0.106. The molecule has 0 aromatic heterocycles. The number of unbranched alkanes of at least 4 members (excludes halogenated alkanes) is 44. The quantitative estimate of drug-likeness (QED) is 0.0222. The number of hydrogen-bond donors (Lipinski definition) is 3. The molecule has 0 spiro atoms. The normalized spacial score (nSPS) is 14.0. The molecule has 19 heteroatoms. The molecule has 91 heavy (non-hydrogen) atoms. The van der Waals surface area contributed by atoms with Gasteiger partial charge < -0.3 is 33.8 Å². The summed E-state index contributed by atoms with van der Waals surface area (Å²) in [5.74, 6) is -1.44. The Balaban J connectivity index is 5.22. The number of aliphatic hydroxyl groups is 1. The lowest BCUT2D eigenvalue weighted by molar-refractivity contribution is -0.161. The highest BCUT2D eigenvalue weighted by Gasteiger charge is 2.30. The minimum Gasteiger partial charge on any atom is -0.462 e. The van der Waals surface area contributed by atoms with E-state index in [4.69, 9.17) is 37.0 Å². The molecule has 0 aliphatic rings. The lowest BCUT2D eigenvalue weighted by Crippen LogP contribution is -2.30. The Labute approximate surface area is 556 Å². The summed E-state index contributed by atoms with van der Waals surface area (Å²) in [5, 5.41) is 10.6. The molecule has 540 valence electrons. The number of hydrogen-bond acceptors (Lipinski definition) is 15. The summed E-state index contributed by atoms with van der Waals surface area (Å²) in [7, 11) is -9.90. The van der Waals surface area contributed by atoms with Gasteiger partial charge in [-0.3, -0.25) is 37.3 Å². The predicted octanol–water partition coefficient (Wildman–Crippen LogP) is 20.9. The lowest BCUT2D eigenvalue weighted by Gasteiger charge is -2.21. The Morgan fingerprint density at radius 1 is 0.297 bits per heavy atom. The van der Waals surface area contributed by atoms with Gasteiger partial charge in [-0.2, -0.15) is 0 Å². The van der Waals surface area contributed by atoms with Crippen LogP contribution >= 0.6 is 15.6 Å². The van der Waals surface area contributed by atoms with Gasteiger partial charge in [0.2, 0.25) is 0 Å². The SMILES string of the molecule is CCCCCCCCCCCCCCCCCCCC(=O)O[C@H](COC(=O)CCCCCCCCCCCCCCCCC)COP(=O)(O)OC[C@@H](O)COP(=O)(O)OC[C@@H](COC(=O)CCCCCCCCC(C)C)OC(=O)CCCCCCCCCCCC. The number of phosphoric acid groups is 2. The average molecular weight is 1340 g/mol. The van der Waals surface area contributed by atoms with Crippen molar-refractivity contribution in [2.24, 2.45) is 5.92 Å². The standard InChI is InChI=1S/C72H140O17P2/c1-6-9-12-15-18-21-24-26-28-29-31-33-35-38-41-48-53-58-72(77)88-67(61-82-69(74)55-50-45-39-37-34-32-30-27-25-22-19-16-13-10-7-2)63-86-90(78,79)84-59-66(73)60-85-91(80,81)87-64-68(62-83-70(75)56-51-46-43-42-44-49-54-65(4)5)89-71(76)57-52-47-40-36-23-20-17-14-11-8-3/h65-68,73H,6-64H2,1-5H3,(H,78,79)(H,80,81)/t66-,67-,68-/m1/s1. The number of esters is 4. The van der Waals surface area contributed by atoms with Crippen molar-refractivity contribution in [3.8, 4) is 0 Å². The molecule has 0 radical (unpaired) electrons. The minimum atomic E-state index is -4.95. The van der Waals surface area contributed by atoms with Crippen LogP contribution in [0, 0.1) is 5.92 Å². The highest BCUT2D eigenvalue weighted by Crippen LogP contribution is 2.45. The van der Waals surface area contributed by atoms with E-state index in [1.54, 1.807) is 0 Å². The van der Waals surface area contributed by atoms with Gasteiger partial charge in [-0.25, -0.2) is 9.13 Å². The zero-order valence-electron chi connectivity index (χ0n) is 59.0. The van der Waals surface area contributed by atoms with Crippen molar-refractivity contribution < 1.29 is 80.2 Å². The van der Waals surface area contributed by atoms with Gasteiger partial charge in [-0.15, -0.1) is 0 Å². The largest absolute Gasteiger partial charge is 0.472 e. The Bertz CT molecular complexity index is 1750. The number of carbonyl (C=O) groups excluding carboxylic acids is 4. The van der Waals surface area contributed by atoms with Gasteiger partial charge in [-0.05, 0) is 31.6 Å². The molecule has 0 aromatic carbocycles. The van der Waals surface area contributed by atoms with Crippen LogP contribution in [-0.2, 0) is 65.4 Å². The van der Waals surface area contributed by atoms with E-state index in [0.717, 1.165) is 96.3 Å². The Hall–Kier alpha value is -1.94. The van der Waals surface area contributed by atoms with Crippen LogP contribution in [0.3, 0.4) is 0 Å². The van der Waals surface area contributed by atoms with Crippen molar-refractivity contribution in [2.45, 2.75) is 393 Å². The fourth-order valence-electron chi connectivity index (χ4n) is 11.0. The van der Waals surface area contributed by atoms with Crippen molar-refractivity contribution in [1.82, 2.24) is 0 Å². The van der Waals surface area contributed by atoms with E-state index in [1.165, 1.54) is 193 Å². The first-order valence-corrected chi connectivity index (χ1v) is 40.6. The predicted molar refractivity (Wildman–Crippen MR) is 368 cm³/mol. The van der Waals surface area contributed by atoms with Gasteiger partial charge in [0.05, 0.1) is 26.4 Å². The molecule has 0 heterocycles. The molecule has 0 aliphatic heterocycles. The topological polar surface area (TPSA) is 237 Å². The van der Waals surface area contributed by atoms with Crippen molar-refractivity contribution in [1.29, 1.82) is 0 Å². The van der Waals surface area contributed by atoms with E-state index in [9.17, 15) is 43.2 Å². The summed E-state index contributed by atoms with van der Waals surface area (Å²) in [6, 6.07) is 0. The molecule has 17 nitrogen and oxygen atoms in total. The third kappa shape index (κ3) is 66.5. The van der Waals surface area contributed by atoms with Crippen LogP contribution < -0.4 is 0 Å². The van der Waals surface area contributed by atoms with Gasteiger partial charge in [0.1, 0.15) is 19.3 Å². The van der Waals surface area contributed by atoms with Gasteiger partial charge in [0.25, 0.3) is 0 Å². The second-order valence-electron chi connectivity index (χ2n) is 26.5. The van der Waals surface area contributed by atoms with Crippen LogP contribution in [-0.4, -0.2) is 96.7 Å². The first kappa shape index (κ1) is 89.1. The van der Waals surface area contributed by atoms with Crippen LogP contribution in [0.4, 0.5) is 0 Å². The van der Waals surface area contributed by atoms with Crippen LogP contribution in [0.2, 0.25) is 0 Å². The molecule has 0 bridgehead atoms. The molecule has 0 aromatic rings.